The SMILES string of the molecule is CC1=C(C)C(=O)O[C@@H]([C@@H](C)[C@@H]2[C@H](O)C[C@H]3[C@H]4[C@H]5O[C@H]5[C@@]5(O)CC=CC(=O)[C@]5(C)[C@@H]4CC[C@]23C)C1. The normalized spacial score (nSPS) is 54.6. The summed E-state index contributed by atoms with van der Waals surface area (Å²) in [6, 6.07) is 0. The van der Waals surface area contributed by atoms with E-state index in [1.54, 1.807) is 12.2 Å². The van der Waals surface area contributed by atoms with Crippen molar-refractivity contribution in [3.63, 3.8) is 0 Å². The maximum absolute atomic E-state index is 13.3. The number of cyclic esters (lactones) is 1. The van der Waals surface area contributed by atoms with E-state index in [4.69, 9.17) is 9.47 Å². The van der Waals surface area contributed by atoms with Crippen LogP contribution in [0.1, 0.15) is 66.7 Å². The zero-order valence-corrected chi connectivity index (χ0v) is 20.9. The van der Waals surface area contributed by atoms with Gasteiger partial charge in [0.15, 0.2) is 5.78 Å². The van der Waals surface area contributed by atoms with Crippen molar-refractivity contribution < 1.29 is 29.3 Å². The molecule has 1 saturated heterocycles. The van der Waals surface area contributed by atoms with E-state index in [2.05, 4.69) is 13.8 Å². The smallest absolute Gasteiger partial charge is 0.333 e. The highest BCUT2D eigenvalue weighted by atomic mass is 16.6. The highest BCUT2D eigenvalue weighted by molar-refractivity contribution is 5.97. The lowest BCUT2D eigenvalue weighted by atomic mass is 9.43. The number of aliphatic hydroxyl groups is 2. The van der Waals surface area contributed by atoms with Crippen LogP contribution in [-0.4, -0.2) is 52.0 Å². The van der Waals surface area contributed by atoms with E-state index in [9.17, 15) is 19.8 Å². The number of allylic oxidation sites excluding steroid dienone is 1. The first-order valence-electron chi connectivity index (χ1n) is 13.1. The number of carbonyl (C=O) groups excluding carboxylic acids is 2. The Kier molecular flexibility index (Phi) is 4.75. The van der Waals surface area contributed by atoms with Gasteiger partial charge in [-0.25, -0.2) is 4.79 Å². The zero-order chi connectivity index (χ0) is 24.4. The minimum Gasteiger partial charge on any atom is -0.458 e. The monoisotopic (exact) mass is 470 g/mol. The number of hydrogen-bond donors (Lipinski definition) is 2. The third-order valence-electron chi connectivity index (χ3n) is 11.5. The van der Waals surface area contributed by atoms with E-state index in [1.807, 2.05) is 20.8 Å². The molecule has 3 saturated carbocycles. The molecule has 6 heteroatoms. The molecule has 6 rings (SSSR count). The summed E-state index contributed by atoms with van der Waals surface area (Å²) in [6.45, 7) is 10.2. The predicted octanol–water partition coefficient (Wildman–Crippen LogP) is 3.35. The number of hydrogen-bond acceptors (Lipinski definition) is 6. The van der Waals surface area contributed by atoms with Crippen LogP contribution in [0.2, 0.25) is 0 Å². The standard InChI is InChI=1S/C28H38O6/c1-13-11-19(33-25(31)14(13)2)15(3)22-18(29)12-17-21-16(8-10-26(17,22)4)27(5)20(30)7-6-9-28(27,32)24-23(21)34-24/h6-7,15-19,21-24,29,32H,8-12H2,1-5H3/t15-,16-,17+,18-,19-,21+,22-,23-,24-,26+,27+,28+/m1/s1. The van der Waals surface area contributed by atoms with Gasteiger partial charge in [-0.2, -0.15) is 0 Å². The molecule has 186 valence electrons. The number of ketones is 1. The first-order chi connectivity index (χ1) is 15.9. The van der Waals surface area contributed by atoms with Gasteiger partial charge in [-0.3, -0.25) is 4.79 Å². The summed E-state index contributed by atoms with van der Waals surface area (Å²) < 4.78 is 12.0. The fourth-order valence-corrected chi connectivity index (χ4v) is 9.41. The van der Waals surface area contributed by atoms with Crippen molar-refractivity contribution in [3.8, 4) is 0 Å². The van der Waals surface area contributed by atoms with Crippen LogP contribution in [0.25, 0.3) is 0 Å². The maximum Gasteiger partial charge on any atom is 0.333 e. The van der Waals surface area contributed by atoms with Gasteiger partial charge in [0.05, 0.1) is 17.6 Å². The van der Waals surface area contributed by atoms with E-state index in [0.29, 0.717) is 24.8 Å². The van der Waals surface area contributed by atoms with Crippen molar-refractivity contribution in [2.45, 2.75) is 96.7 Å². The summed E-state index contributed by atoms with van der Waals surface area (Å²) >= 11 is 0. The van der Waals surface area contributed by atoms with Crippen LogP contribution in [-0.2, 0) is 19.1 Å². The van der Waals surface area contributed by atoms with Gasteiger partial charge in [-0.1, -0.05) is 25.5 Å². The van der Waals surface area contributed by atoms with Gasteiger partial charge in [-0.15, -0.1) is 0 Å². The number of fused-ring (bicyclic) bond motifs is 8. The Bertz CT molecular complexity index is 1010. The Morgan fingerprint density at radius 2 is 1.91 bits per heavy atom. The molecule has 0 spiro atoms. The largest absolute Gasteiger partial charge is 0.458 e. The molecule has 0 aromatic heterocycles. The maximum atomic E-state index is 13.3. The van der Waals surface area contributed by atoms with Crippen LogP contribution < -0.4 is 0 Å². The van der Waals surface area contributed by atoms with E-state index in [1.165, 1.54) is 0 Å². The van der Waals surface area contributed by atoms with Gasteiger partial charge in [0, 0.05) is 12.0 Å². The molecule has 0 amide bonds. The summed E-state index contributed by atoms with van der Waals surface area (Å²) in [5.74, 6) is 0.212. The summed E-state index contributed by atoms with van der Waals surface area (Å²) in [5, 5.41) is 23.1. The zero-order valence-electron chi connectivity index (χ0n) is 20.9. The fraction of sp³-hybridized carbons (Fsp3) is 0.786. The van der Waals surface area contributed by atoms with Gasteiger partial charge < -0.3 is 19.7 Å². The Hall–Kier alpha value is -1.50. The second-order valence-electron chi connectivity index (χ2n) is 12.7. The van der Waals surface area contributed by atoms with E-state index < -0.39 is 17.1 Å². The highest BCUT2D eigenvalue weighted by Gasteiger charge is 2.78. The molecule has 12 atom stereocenters. The number of epoxide rings is 1. The van der Waals surface area contributed by atoms with Crippen molar-refractivity contribution in [1.29, 1.82) is 0 Å². The van der Waals surface area contributed by atoms with Crippen molar-refractivity contribution in [3.05, 3.63) is 23.3 Å². The highest BCUT2D eigenvalue weighted by Crippen LogP contribution is 2.71. The van der Waals surface area contributed by atoms with Crippen LogP contribution in [0.4, 0.5) is 0 Å². The summed E-state index contributed by atoms with van der Waals surface area (Å²) in [6.07, 6.45) is 5.97. The van der Waals surface area contributed by atoms with E-state index in [-0.39, 0.29) is 65.1 Å². The van der Waals surface area contributed by atoms with Crippen molar-refractivity contribution in [2.24, 2.45) is 40.4 Å². The Balaban J connectivity index is 1.33. The van der Waals surface area contributed by atoms with Crippen LogP contribution in [0.5, 0.6) is 0 Å². The minimum atomic E-state index is -1.14. The molecule has 6 nitrogen and oxygen atoms in total. The molecule has 6 aliphatic rings. The number of esters is 1. The molecule has 0 bridgehead atoms. The molecule has 4 fully saturated rings. The van der Waals surface area contributed by atoms with Crippen LogP contribution in [0, 0.1) is 40.4 Å². The summed E-state index contributed by atoms with van der Waals surface area (Å²) in [7, 11) is 0. The average molecular weight is 471 g/mol. The quantitative estimate of drug-likeness (QED) is 0.475. The Morgan fingerprint density at radius 1 is 1.18 bits per heavy atom. The molecule has 2 aliphatic heterocycles. The molecule has 2 N–H and O–H groups in total. The molecule has 0 unspecified atom stereocenters. The van der Waals surface area contributed by atoms with Gasteiger partial charge >= 0.3 is 5.97 Å². The first kappa shape index (κ1) is 22.9. The lowest BCUT2D eigenvalue weighted by molar-refractivity contribution is -0.183. The lowest BCUT2D eigenvalue weighted by Crippen LogP contribution is -2.67. The van der Waals surface area contributed by atoms with Gasteiger partial charge in [-0.05, 0) is 87.5 Å². The van der Waals surface area contributed by atoms with Gasteiger partial charge in [0.1, 0.15) is 17.8 Å². The lowest BCUT2D eigenvalue weighted by Gasteiger charge is -2.60. The molecule has 34 heavy (non-hydrogen) atoms. The molecule has 4 aliphatic carbocycles. The predicted molar refractivity (Wildman–Crippen MR) is 124 cm³/mol. The summed E-state index contributed by atoms with van der Waals surface area (Å²) in [5.41, 5.74) is -0.347. The fourth-order valence-electron chi connectivity index (χ4n) is 9.41. The van der Waals surface area contributed by atoms with E-state index >= 15 is 0 Å². The molecular formula is C28H38O6. The van der Waals surface area contributed by atoms with E-state index in [0.717, 1.165) is 18.4 Å². The number of ether oxygens (including phenoxy) is 2. The van der Waals surface area contributed by atoms with Crippen LogP contribution in [0.15, 0.2) is 23.3 Å². The third kappa shape index (κ3) is 2.63. The molecule has 2 heterocycles. The topological polar surface area (TPSA) is 96.4 Å². The summed E-state index contributed by atoms with van der Waals surface area (Å²) in [4.78, 5) is 25.7. The third-order valence-corrected chi connectivity index (χ3v) is 11.5. The number of carbonyl (C=O) groups is 2. The molecule has 0 radical (unpaired) electrons. The molecular weight excluding hydrogens is 432 g/mol. The first-order valence-corrected chi connectivity index (χ1v) is 13.1. The second kappa shape index (κ2) is 7.04. The van der Waals surface area contributed by atoms with Crippen molar-refractivity contribution in [2.75, 3.05) is 0 Å². The molecule has 0 aromatic carbocycles. The van der Waals surface area contributed by atoms with Crippen molar-refractivity contribution in [1.82, 2.24) is 0 Å². The Labute approximate surface area is 201 Å². The van der Waals surface area contributed by atoms with Gasteiger partial charge in [0.2, 0.25) is 0 Å². The Morgan fingerprint density at radius 3 is 2.62 bits per heavy atom. The second-order valence-corrected chi connectivity index (χ2v) is 12.7. The average Bonchev–Trinajstić information content (AvgIpc) is 3.53. The van der Waals surface area contributed by atoms with Crippen LogP contribution in [0.3, 0.4) is 0 Å². The molecule has 0 aromatic rings. The number of aliphatic hydroxyl groups excluding tert-OH is 1. The van der Waals surface area contributed by atoms with Crippen LogP contribution >= 0.6 is 0 Å². The minimum absolute atomic E-state index is 0.00947. The number of rotatable bonds is 2. The van der Waals surface area contributed by atoms with Crippen molar-refractivity contribution >= 4 is 11.8 Å². The van der Waals surface area contributed by atoms with Gasteiger partial charge in [0.25, 0.3) is 0 Å².